The Morgan fingerprint density at radius 2 is 1.88 bits per heavy atom. The molecule has 9 nitrogen and oxygen atoms in total. The largest absolute Gasteiger partial charge is 0.465 e. The van der Waals surface area contributed by atoms with Gasteiger partial charge in [0.25, 0.3) is 0 Å². The van der Waals surface area contributed by atoms with Crippen LogP contribution in [0.25, 0.3) is 0 Å². The molecule has 2 amide bonds. The highest BCUT2D eigenvalue weighted by Gasteiger charge is 2.70. The highest BCUT2D eigenvalue weighted by atomic mass is 32.2. The number of carbonyl (C=O) groups excluding carboxylic acids is 3. The highest BCUT2D eigenvalue weighted by molar-refractivity contribution is 8.02. The maximum Gasteiger partial charge on any atom is 0.311 e. The number of nitrogens with zero attached hydrogens (tertiary/aromatic N) is 3. The number of likely N-dealkylation sites (tertiary alicyclic amines) is 1. The fourth-order valence-corrected chi connectivity index (χ4v) is 7.94. The molecule has 5 aliphatic heterocycles. The van der Waals surface area contributed by atoms with Crippen molar-refractivity contribution in [3.8, 4) is 0 Å². The van der Waals surface area contributed by atoms with Crippen LogP contribution >= 0.6 is 11.8 Å². The number of esters is 1. The Labute approximate surface area is 204 Å². The lowest BCUT2D eigenvalue weighted by atomic mass is 9.78. The first-order valence-electron chi connectivity index (χ1n) is 12.3. The number of allylic oxidation sites excluding steroid dienone is 1. The average molecular weight is 492 g/mol. The number of aliphatic hydroxyl groups is 1. The molecule has 0 aromatic heterocycles. The van der Waals surface area contributed by atoms with Crippen LogP contribution in [0.1, 0.15) is 12.8 Å². The van der Waals surface area contributed by atoms with Crippen LogP contribution in [-0.2, 0) is 23.9 Å². The summed E-state index contributed by atoms with van der Waals surface area (Å²) in [4.78, 5) is 46.4. The maximum absolute atomic E-state index is 14.0. The van der Waals surface area contributed by atoms with E-state index in [0.29, 0.717) is 32.9 Å². The molecule has 5 atom stereocenters. The lowest BCUT2D eigenvalue weighted by Gasteiger charge is -2.36. The number of hydrogen-bond acceptors (Lipinski definition) is 8. The predicted octanol–water partition coefficient (Wildman–Crippen LogP) is -0.100. The standard InChI is InChI=1S/C24H33N3O6S/c28-13-10-27-20-22(30)26(9-8-25-11-15-32-16-12-25)7-4-6-24(20)19(21(27)29)18-17(34-24)5-2-1-3-14-33-23(18)31/h2,4-6,17-20,28H,1,3,7-16H2/b5-2-/t17-,18+,19-,20?,24-/m0/s1. The molecule has 10 heteroatoms. The second-order valence-corrected chi connectivity index (χ2v) is 11.0. The maximum atomic E-state index is 14.0. The van der Waals surface area contributed by atoms with Crippen molar-refractivity contribution in [3.63, 3.8) is 0 Å². The zero-order chi connectivity index (χ0) is 23.7. The molecule has 1 spiro atoms. The van der Waals surface area contributed by atoms with Crippen molar-refractivity contribution in [1.29, 1.82) is 0 Å². The van der Waals surface area contributed by atoms with E-state index in [0.717, 1.165) is 32.5 Å². The van der Waals surface area contributed by atoms with Gasteiger partial charge in [-0.05, 0) is 12.8 Å². The van der Waals surface area contributed by atoms with Gasteiger partial charge >= 0.3 is 5.97 Å². The molecule has 0 aromatic rings. The zero-order valence-corrected chi connectivity index (χ0v) is 20.2. The van der Waals surface area contributed by atoms with Crippen molar-refractivity contribution >= 4 is 29.5 Å². The Kier molecular flexibility index (Phi) is 7.02. The van der Waals surface area contributed by atoms with Crippen molar-refractivity contribution in [3.05, 3.63) is 24.3 Å². The van der Waals surface area contributed by atoms with E-state index in [4.69, 9.17) is 9.47 Å². The Balaban J connectivity index is 1.46. The van der Waals surface area contributed by atoms with Crippen molar-refractivity contribution in [1.82, 2.24) is 14.7 Å². The average Bonchev–Trinajstić information content (AvgIpc) is 3.24. The predicted molar refractivity (Wildman–Crippen MR) is 126 cm³/mol. The topological polar surface area (TPSA) is 99.6 Å². The van der Waals surface area contributed by atoms with E-state index in [2.05, 4.69) is 11.0 Å². The lowest BCUT2D eigenvalue weighted by molar-refractivity contribution is -0.153. The molecule has 34 heavy (non-hydrogen) atoms. The van der Waals surface area contributed by atoms with Crippen LogP contribution in [-0.4, -0.2) is 119 Å². The molecule has 0 aliphatic carbocycles. The molecule has 5 heterocycles. The van der Waals surface area contributed by atoms with Crippen LogP contribution in [0.5, 0.6) is 0 Å². The van der Waals surface area contributed by atoms with Crippen LogP contribution in [0.2, 0.25) is 0 Å². The number of cyclic esters (lactones) is 1. The second kappa shape index (κ2) is 10.0. The Bertz CT molecular complexity index is 875. The first-order valence-corrected chi connectivity index (χ1v) is 13.1. The van der Waals surface area contributed by atoms with Gasteiger partial charge in [-0.2, -0.15) is 0 Å². The molecule has 5 aliphatic rings. The van der Waals surface area contributed by atoms with E-state index in [1.165, 1.54) is 16.7 Å². The van der Waals surface area contributed by atoms with E-state index >= 15 is 0 Å². The van der Waals surface area contributed by atoms with Gasteiger partial charge in [-0.1, -0.05) is 24.3 Å². The summed E-state index contributed by atoms with van der Waals surface area (Å²) in [7, 11) is 0. The van der Waals surface area contributed by atoms with Gasteiger partial charge in [0.05, 0.1) is 43.0 Å². The molecule has 3 fully saturated rings. The molecule has 0 aromatic carbocycles. The minimum absolute atomic E-state index is 0.0709. The van der Waals surface area contributed by atoms with Crippen molar-refractivity contribution < 1.29 is 29.0 Å². The summed E-state index contributed by atoms with van der Waals surface area (Å²) in [6, 6.07) is -0.748. The Morgan fingerprint density at radius 3 is 2.68 bits per heavy atom. The summed E-state index contributed by atoms with van der Waals surface area (Å²) in [6.07, 6.45) is 9.63. The number of fused-ring (bicyclic) bond motifs is 2. The molecule has 0 bridgehead atoms. The molecule has 0 saturated carbocycles. The summed E-state index contributed by atoms with van der Waals surface area (Å²) in [5.74, 6) is -2.04. The minimum atomic E-state index is -0.852. The van der Waals surface area contributed by atoms with Crippen LogP contribution in [0.15, 0.2) is 24.3 Å². The van der Waals surface area contributed by atoms with Gasteiger partial charge in [-0.3, -0.25) is 19.3 Å². The fourth-order valence-electron chi connectivity index (χ4n) is 5.94. The fraction of sp³-hybridized carbons (Fsp3) is 0.708. The Hall–Kier alpha value is -1.88. The van der Waals surface area contributed by atoms with E-state index in [-0.39, 0.29) is 36.2 Å². The van der Waals surface area contributed by atoms with E-state index in [1.54, 1.807) is 0 Å². The van der Waals surface area contributed by atoms with Crippen molar-refractivity contribution in [2.75, 3.05) is 65.7 Å². The summed E-state index contributed by atoms with van der Waals surface area (Å²) in [5, 5.41) is 9.50. The van der Waals surface area contributed by atoms with Gasteiger partial charge in [0.15, 0.2) is 0 Å². The van der Waals surface area contributed by atoms with Crippen LogP contribution in [0.4, 0.5) is 0 Å². The Morgan fingerprint density at radius 1 is 1.06 bits per heavy atom. The zero-order valence-electron chi connectivity index (χ0n) is 19.3. The summed E-state index contributed by atoms with van der Waals surface area (Å²) in [6.45, 7) is 5.01. The van der Waals surface area contributed by atoms with Crippen LogP contribution in [0.3, 0.4) is 0 Å². The van der Waals surface area contributed by atoms with Gasteiger partial charge in [0.2, 0.25) is 11.8 Å². The number of ether oxygens (including phenoxy) is 2. The molecule has 3 saturated heterocycles. The number of aliphatic hydroxyl groups excluding tert-OH is 1. The van der Waals surface area contributed by atoms with Crippen molar-refractivity contribution in [2.24, 2.45) is 11.8 Å². The molecule has 5 rings (SSSR count). The number of thioether (sulfide) groups is 1. The first-order chi connectivity index (χ1) is 16.6. The number of rotatable bonds is 5. The molecule has 0 radical (unpaired) electrons. The molecular formula is C24H33N3O6S. The van der Waals surface area contributed by atoms with Gasteiger partial charge in [0.1, 0.15) is 6.04 Å². The van der Waals surface area contributed by atoms with Crippen molar-refractivity contribution in [2.45, 2.75) is 28.9 Å². The number of morpholine rings is 1. The molecule has 1 N–H and O–H groups in total. The monoisotopic (exact) mass is 491 g/mol. The highest BCUT2D eigenvalue weighted by Crippen LogP contribution is 2.60. The summed E-state index contributed by atoms with van der Waals surface area (Å²) >= 11 is 1.54. The third-order valence-electron chi connectivity index (χ3n) is 7.57. The van der Waals surface area contributed by atoms with Gasteiger partial charge < -0.3 is 24.4 Å². The smallest absolute Gasteiger partial charge is 0.311 e. The third-order valence-corrected chi connectivity index (χ3v) is 9.31. The molecule has 1 unspecified atom stereocenters. The summed E-state index contributed by atoms with van der Waals surface area (Å²) in [5.41, 5.74) is 0. The first kappa shape index (κ1) is 23.8. The normalized spacial score (nSPS) is 37.3. The third kappa shape index (κ3) is 4.08. The van der Waals surface area contributed by atoms with E-state index in [1.807, 2.05) is 23.1 Å². The van der Waals surface area contributed by atoms with E-state index in [9.17, 15) is 19.5 Å². The van der Waals surface area contributed by atoms with Gasteiger partial charge in [-0.15, -0.1) is 11.8 Å². The quantitative estimate of drug-likeness (QED) is 0.421. The number of hydrogen-bond donors (Lipinski definition) is 1. The van der Waals surface area contributed by atoms with Gasteiger partial charge in [0, 0.05) is 44.5 Å². The SMILES string of the molecule is O=C1OCCC/C=C\[C@@H]2S[C@]34C=CCN(CCN5CCOCC5)C(=O)C3N(CCO)C(=O)[C@@H]4[C@H]12. The molecule has 186 valence electrons. The number of β-amino-alcohol motifs (C(OH)–C–C–N with tert-alkyl or cyclic N) is 1. The lowest BCUT2D eigenvalue weighted by Crippen LogP contribution is -2.54. The van der Waals surface area contributed by atoms with Crippen LogP contribution in [0, 0.1) is 11.8 Å². The number of amides is 2. The molecular weight excluding hydrogens is 458 g/mol. The minimum Gasteiger partial charge on any atom is -0.465 e. The summed E-state index contributed by atoms with van der Waals surface area (Å²) < 4.78 is 10.1. The van der Waals surface area contributed by atoms with Crippen LogP contribution < -0.4 is 0 Å². The number of carbonyl (C=O) groups is 3. The van der Waals surface area contributed by atoms with Gasteiger partial charge in [-0.25, -0.2) is 0 Å². The van der Waals surface area contributed by atoms with E-state index < -0.39 is 22.6 Å². The second-order valence-electron chi connectivity index (χ2n) is 9.48.